The summed E-state index contributed by atoms with van der Waals surface area (Å²) in [6.45, 7) is 9.64. The summed E-state index contributed by atoms with van der Waals surface area (Å²) >= 11 is 0. The molecule has 1 amide bonds. The van der Waals surface area contributed by atoms with Crippen molar-refractivity contribution >= 4 is 11.6 Å². The first-order chi connectivity index (χ1) is 14.6. The highest BCUT2D eigenvalue weighted by Crippen LogP contribution is 2.28. The van der Waals surface area contributed by atoms with Crippen molar-refractivity contribution in [3.63, 3.8) is 0 Å². The second-order valence-electron chi connectivity index (χ2n) is 7.80. The molecule has 162 valence electrons. The lowest BCUT2D eigenvalue weighted by Gasteiger charge is -2.36. The van der Waals surface area contributed by atoms with E-state index in [0.717, 1.165) is 56.3 Å². The first-order valence-electron chi connectivity index (χ1n) is 10.7. The molecule has 6 heteroatoms. The number of piperazine rings is 1. The maximum absolute atomic E-state index is 12.3. The first kappa shape index (κ1) is 22.0. The summed E-state index contributed by atoms with van der Waals surface area (Å²) < 4.78 is 11.1. The van der Waals surface area contributed by atoms with Gasteiger partial charge in [-0.1, -0.05) is 12.1 Å². The first-order valence-corrected chi connectivity index (χ1v) is 10.7. The molecule has 0 spiro atoms. The summed E-state index contributed by atoms with van der Waals surface area (Å²) in [6.07, 6.45) is 1.07. The number of anilines is 1. The third kappa shape index (κ3) is 6.13. The van der Waals surface area contributed by atoms with Crippen LogP contribution in [0.15, 0.2) is 48.5 Å². The molecule has 0 saturated carbocycles. The molecule has 30 heavy (non-hydrogen) atoms. The van der Waals surface area contributed by atoms with Crippen molar-refractivity contribution in [3.05, 3.63) is 54.1 Å². The van der Waals surface area contributed by atoms with Crippen molar-refractivity contribution in [3.8, 4) is 11.5 Å². The van der Waals surface area contributed by atoms with Crippen LogP contribution in [0.25, 0.3) is 0 Å². The maximum atomic E-state index is 12.3. The van der Waals surface area contributed by atoms with Crippen molar-refractivity contribution < 1.29 is 14.3 Å². The smallest absolute Gasteiger partial charge is 0.251 e. The SMILES string of the molecule is COc1ccccc1N1CCN(CCCNC(=O)c2ccc(OC(C)C)cc2)CC1. The normalized spacial score (nSPS) is 14.6. The molecule has 3 rings (SSSR count). The topological polar surface area (TPSA) is 54.0 Å². The molecular formula is C24H33N3O3. The second kappa shape index (κ2) is 10.9. The Balaban J connectivity index is 1.36. The van der Waals surface area contributed by atoms with Crippen LogP contribution in [0, 0.1) is 0 Å². The molecule has 1 N–H and O–H groups in total. The van der Waals surface area contributed by atoms with Crippen LogP contribution >= 0.6 is 0 Å². The van der Waals surface area contributed by atoms with E-state index in [9.17, 15) is 4.79 Å². The van der Waals surface area contributed by atoms with Crippen LogP contribution in [0.3, 0.4) is 0 Å². The van der Waals surface area contributed by atoms with Crippen LogP contribution < -0.4 is 19.7 Å². The number of amides is 1. The monoisotopic (exact) mass is 411 g/mol. The molecule has 1 heterocycles. The molecule has 1 saturated heterocycles. The summed E-state index contributed by atoms with van der Waals surface area (Å²) in [7, 11) is 1.72. The van der Waals surface area contributed by atoms with Gasteiger partial charge < -0.3 is 19.7 Å². The van der Waals surface area contributed by atoms with Crippen LogP contribution in [0.2, 0.25) is 0 Å². The highest BCUT2D eigenvalue weighted by Gasteiger charge is 2.19. The van der Waals surface area contributed by atoms with E-state index in [-0.39, 0.29) is 12.0 Å². The fraction of sp³-hybridized carbons (Fsp3) is 0.458. The Bertz CT molecular complexity index is 800. The van der Waals surface area contributed by atoms with Gasteiger partial charge in [-0.05, 0) is 63.2 Å². The average Bonchev–Trinajstić information content (AvgIpc) is 2.77. The minimum Gasteiger partial charge on any atom is -0.495 e. The van der Waals surface area contributed by atoms with Gasteiger partial charge in [0.1, 0.15) is 11.5 Å². The molecule has 0 aromatic heterocycles. The molecular weight excluding hydrogens is 378 g/mol. The number of nitrogens with zero attached hydrogens (tertiary/aromatic N) is 2. The van der Waals surface area contributed by atoms with Crippen molar-refractivity contribution in [1.82, 2.24) is 10.2 Å². The van der Waals surface area contributed by atoms with Gasteiger partial charge in [0.2, 0.25) is 0 Å². The van der Waals surface area contributed by atoms with Crippen molar-refractivity contribution in [2.75, 3.05) is 51.3 Å². The molecule has 1 aliphatic heterocycles. The van der Waals surface area contributed by atoms with Crippen molar-refractivity contribution in [2.24, 2.45) is 0 Å². The van der Waals surface area contributed by atoms with Gasteiger partial charge in [0.05, 0.1) is 18.9 Å². The summed E-state index contributed by atoms with van der Waals surface area (Å²) in [5.74, 6) is 1.68. The zero-order valence-corrected chi connectivity index (χ0v) is 18.3. The lowest BCUT2D eigenvalue weighted by atomic mass is 10.2. The van der Waals surface area contributed by atoms with Gasteiger partial charge in [-0.25, -0.2) is 0 Å². The third-order valence-corrected chi connectivity index (χ3v) is 5.22. The fourth-order valence-electron chi connectivity index (χ4n) is 3.67. The van der Waals surface area contributed by atoms with Gasteiger partial charge in [0, 0.05) is 38.3 Å². The predicted octanol–water partition coefficient (Wildman–Crippen LogP) is 3.42. The molecule has 0 atom stereocenters. The third-order valence-electron chi connectivity index (χ3n) is 5.22. The number of methoxy groups -OCH3 is 1. The number of rotatable bonds is 9. The molecule has 1 aliphatic rings. The van der Waals surface area contributed by atoms with Gasteiger partial charge in [-0.3, -0.25) is 9.69 Å². The van der Waals surface area contributed by atoms with Crippen LogP contribution in [0.1, 0.15) is 30.6 Å². The Hall–Kier alpha value is -2.73. The van der Waals surface area contributed by atoms with E-state index in [2.05, 4.69) is 27.2 Å². The minimum atomic E-state index is -0.0351. The molecule has 0 aliphatic carbocycles. The van der Waals surface area contributed by atoms with E-state index < -0.39 is 0 Å². The van der Waals surface area contributed by atoms with E-state index >= 15 is 0 Å². The summed E-state index contributed by atoms with van der Waals surface area (Å²) in [5, 5.41) is 3.02. The maximum Gasteiger partial charge on any atom is 0.251 e. The molecule has 2 aromatic rings. The summed E-state index contributed by atoms with van der Waals surface area (Å²) in [6, 6.07) is 15.5. The minimum absolute atomic E-state index is 0.0351. The van der Waals surface area contributed by atoms with Crippen LogP contribution in [0.4, 0.5) is 5.69 Å². The Morgan fingerprint density at radius 3 is 2.40 bits per heavy atom. The van der Waals surface area contributed by atoms with E-state index in [1.54, 1.807) is 7.11 Å². The average molecular weight is 412 g/mol. The standard InChI is InChI=1S/C24H33N3O3/c1-19(2)30-21-11-9-20(10-12-21)24(28)25-13-6-14-26-15-17-27(18-16-26)22-7-4-5-8-23(22)29-3/h4-5,7-12,19H,6,13-18H2,1-3H3,(H,25,28). The Labute approximate surface area is 179 Å². The molecule has 6 nitrogen and oxygen atoms in total. The number of hydrogen-bond donors (Lipinski definition) is 1. The number of ether oxygens (including phenoxy) is 2. The predicted molar refractivity (Wildman–Crippen MR) is 121 cm³/mol. The Morgan fingerprint density at radius 2 is 1.73 bits per heavy atom. The number of hydrogen-bond acceptors (Lipinski definition) is 5. The van der Waals surface area contributed by atoms with Gasteiger partial charge in [0.15, 0.2) is 0 Å². The molecule has 0 bridgehead atoms. The summed E-state index contributed by atoms with van der Waals surface area (Å²) in [4.78, 5) is 17.1. The van der Waals surface area contributed by atoms with Gasteiger partial charge in [-0.2, -0.15) is 0 Å². The van der Waals surface area contributed by atoms with E-state index in [1.807, 2.05) is 50.2 Å². The second-order valence-corrected chi connectivity index (χ2v) is 7.80. The molecule has 0 radical (unpaired) electrons. The fourth-order valence-corrected chi connectivity index (χ4v) is 3.67. The highest BCUT2D eigenvalue weighted by atomic mass is 16.5. The molecule has 1 fully saturated rings. The Kier molecular flexibility index (Phi) is 7.97. The number of nitrogens with one attached hydrogen (secondary N) is 1. The number of carbonyl (C=O) groups is 1. The number of benzene rings is 2. The summed E-state index contributed by atoms with van der Waals surface area (Å²) in [5.41, 5.74) is 1.83. The molecule has 0 unspecified atom stereocenters. The Morgan fingerprint density at radius 1 is 1.03 bits per heavy atom. The van der Waals surface area contributed by atoms with Crippen molar-refractivity contribution in [1.29, 1.82) is 0 Å². The van der Waals surface area contributed by atoms with Gasteiger partial charge in [-0.15, -0.1) is 0 Å². The lowest BCUT2D eigenvalue weighted by Crippen LogP contribution is -2.47. The number of carbonyl (C=O) groups excluding carboxylic acids is 1. The number of para-hydroxylation sites is 2. The van der Waals surface area contributed by atoms with E-state index in [1.165, 1.54) is 0 Å². The largest absolute Gasteiger partial charge is 0.495 e. The quantitative estimate of drug-likeness (QED) is 0.641. The van der Waals surface area contributed by atoms with E-state index in [0.29, 0.717) is 12.1 Å². The van der Waals surface area contributed by atoms with Crippen LogP contribution in [0.5, 0.6) is 11.5 Å². The van der Waals surface area contributed by atoms with Gasteiger partial charge in [0.25, 0.3) is 5.91 Å². The molecule has 2 aromatic carbocycles. The van der Waals surface area contributed by atoms with Crippen LogP contribution in [-0.4, -0.2) is 63.3 Å². The van der Waals surface area contributed by atoms with Crippen molar-refractivity contribution in [2.45, 2.75) is 26.4 Å². The lowest BCUT2D eigenvalue weighted by molar-refractivity contribution is 0.0951. The van der Waals surface area contributed by atoms with E-state index in [4.69, 9.17) is 9.47 Å². The van der Waals surface area contributed by atoms with Crippen LogP contribution in [-0.2, 0) is 0 Å². The zero-order chi connectivity index (χ0) is 21.3. The highest BCUT2D eigenvalue weighted by molar-refractivity contribution is 5.94. The zero-order valence-electron chi connectivity index (χ0n) is 18.3. The van der Waals surface area contributed by atoms with Gasteiger partial charge >= 0.3 is 0 Å².